The van der Waals surface area contributed by atoms with Crippen LogP contribution in [0.25, 0.3) is 0 Å². The molecule has 1 fully saturated rings. The standard InChI is InChI=1S/C9H14N4/c1-8-7-13(6-5-10-8)9-3-2-4-11-12-9/h2-4,8,10H,5-7H2,1H3. The second-order valence-corrected chi connectivity index (χ2v) is 3.38. The van der Waals surface area contributed by atoms with Crippen LogP contribution in [0.2, 0.25) is 0 Å². The van der Waals surface area contributed by atoms with Gasteiger partial charge in [0.2, 0.25) is 0 Å². The van der Waals surface area contributed by atoms with Crippen molar-refractivity contribution in [1.82, 2.24) is 15.5 Å². The molecule has 0 radical (unpaired) electrons. The maximum Gasteiger partial charge on any atom is 0.151 e. The van der Waals surface area contributed by atoms with Gasteiger partial charge in [0.05, 0.1) is 0 Å². The van der Waals surface area contributed by atoms with E-state index in [0.717, 1.165) is 25.5 Å². The lowest BCUT2D eigenvalue weighted by Gasteiger charge is -2.32. The number of rotatable bonds is 1. The fourth-order valence-electron chi connectivity index (χ4n) is 1.60. The van der Waals surface area contributed by atoms with Crippen LogP contribution in [0.1, 0.15) is 6.92 Å². The van der Waals surface area contributed by atoms with Gasteiger partial charge < -0.3 is 10.2 Å². The Morgan fingerprint density at radius 1 is 1.62 bits per heavy atom. The first-order chi connectivity index (χ1) is 6.36. The van der Waals surface area contributed by atoms with E-state index in [9.17, 15) is 0 Å². The van der Waals surface area contributed by atoms with E-state index in [2.05, 4.69) is 27.3 Å². The van der Waals surface area contributed by atoms with Crippen molar-refractivity contribution >= 4 is 5.82 Å². The van der Waals surface area contributed by atoms with Crippen molar-refractivity contribution in [2.45, 2.75) is 13.0 Å². The number of hydrogen-bond acceptors (Lipinski definition) is 4. The topological polar surface area (TPSA) is 41.1 Å². The van der Waals surface area contributed by atoms with Crippen LogP contribution in [0.15, 0.2) is 18.3 Å². The van der Waals surface area contributed by atoms with Crippen molar-refractivity contribution in [3.05, 3.63) is 18.3 Å². The normalized spacial score (nSPS) is 23.2. The van der Waals surface area contributed by atoms with Gasteiger partial charge in [0.25, 0.3) is 0 Å². The average Bonchev–Trinajstić information content (AvgIpc) is 2.19. The first-order valence-electron chi connectivity index (χ1n) is 4.62. The molecule has 1 N–H and O–H groups in total. The van der Waals surface area contributed by atoms with E-state index in [-0.39, 0.29) is 0 Å². The van der Waals surface area contributed by atoms with Gasteiger partial charge in [-0.3, -0.25) is 0 Å². The van der Waals surface area contributed by atoms with E-state index >= 15 is 0 Å². The highest BCUT2D eigenvalue weighted by molar-refractivity contribution is 5.37. The van der Waals surface area contributed by atoms with Crippen molar-refractivity contribution in [3.63, 3.8) is 0 Å². The van der Waals surface area contributed by atoms with Crippen LogP contribution in [-0.4, -0.2) is 35.9 Å². The molecule has 2 rings (SSSR count). The summed E-state index contributed by atoms with van der Waals surface area (Å²) in [6, 6.07) is 4.47. The van der Waals surface area contributed by atoms with E-state index in [1.807, 2.05) is 12.1 Å². The Kier molecular flexibility index (Phi) is 2.40. The second-order valence-electron chi connectivity index (χ2n) is 3.38. The Morgan fingerprint density at radius 2 is 2.54 bits per heavy atom. The Labute approximate surface area is 78.0 Å². The van der Waals surface area contributed by atoms with Crippen molar-refractivity contribution in [1.29, 1.82) is 0 Å². The molecular weight excluding hydrogens is 164 g/mol. The Hall–Kier alpha value is -1.16. The first-order valence-corrected chi connectivity index (χ1v) is 4.62. The Balaban J connectivity index is 2.08. The molecule has 4 nitrogen and oxygen atoms in total. The number of hydrogen-bond donors (Lipinski definition) is 1. The number of nitrogens with one attached hydrogen (secondary N) is 1. The van der Waals surface area contributed by atoms with Gasteiger partial charge in [0.15, 0.2) is 5.82 Å². The van der Waals surface area contributed by atoms with Crippen LogP contribution < -0.4 is 10.2 Å². The lowest BCUT2D eigenvalue weighted by Crippen LogP contribution is -2.49. The van der Waals surface area contributed by atoms with Crippen molar-refractivity contribution < 1.29 is 0 Å². The van der Waals surface area contributed by atoms with Gasteiger partial charge >= 0.3 is 0 Å². The van der Waals surface area contributed by atoms with Crippen LogP contribution in [0, 0.1) is 0 Å². The summed E-state index contributed by atoms with van der Waals surface area (Å²) in [5, 5.41) is 11.3. The summed E-state index contributed by atoms with van der Waals surface area (Å²) in [6.45, 7) is 5.24. The summed E-state index contributed by atoms with van der Waals surface area (Å²) < 4.78 is 0. The number of nitrogens with zero attached hydrogens (tertiary/aromatic N) is 3. The maximum absolute atomic E-state index is 4.08. The van der Waals surface area contributed by atoms with Crippen LogP contribution in [-0.2, 0) is 0 Å². The van der Waals surface area contributed by atoms with E-state index < -0.39 is 0 Å². The molecule has 1 unspecified atom stereocenters. The number of anilines is 1. The summed E-state index contributed by atoms with van der Waals surface area (Å²) in [5.41, 5.74) is 0. The quantitative estimate of drug-likeness (QED) is 0.670. The number of piperazine rings is 1. The minimum atomic E-state index is 0.538. The van der Waals surface area contributed by atoms with Crippen molar-refractivity contribution in [2.75, 3.05) is 24.5 Å². The van der Waals surface area contributed by atoms with Gasteiger partial charge in [0, 0.05) is 31.9 Å². The molecule has 4 heteroatoms. The maximum atomic E-state index is 4.08. The minimum Gasteiger partial charge on any atom is -0.352 e. The molecule has 70 valence electrons. The highest BCUT2D eigenvalue weighted by Crippen LogP contribution is 2.10. The molecule has 2 heterocycles. The third kappa shape index (κ3) is 1.95. The SMILES string of the molecule is CC1CN(c2cccnn2)CCN1. The molecule has 1 aromatic heterocycles. The summed E-state index contributed by atoms with van der Waals surface area (Å²) in [4.78, 5) is 2.26. The average molecular weight is 178 g/mol. The van der Waals surface area contributed by atoms with Gasteiger partial charge in [0.1, 0.15) is 0 Å². The van der Waals surface area contributed by atoms with Crippen molar-refractivity contribution in [3.8, 4) is 0 Å². The fourth-order valence-corrected chi connectivity index (χ4v) is 1.60. The van der Waals surface area contributed by atoms with Crippen LogP contribution in [0.3, 0.4) is 0 Å². The van der Waals surface area contributed by atoms with E-state index in [1.165, 1.54) is 0 Å². The molecule has 1 saturated heterocycles. The smallest absolute Gasteiger partial charge is 0.151 e. The molecule has 0 aromatic carbocycles. The van der Waals surface area contributed by atoms with Gasteiger partial charge in [-0.05, 0) is 19.1 Å². The third-order valence-electron chi connectivity index (χ3n) is 2.25. The third-order valence-corrected chi connectivity index (χ3v) is 2.25. The lowest BCUT2D eigenvalue weighted by molar-refractivity contribution is 0.481. The van der Waals surface area contributed by atoms with Crippen LogP contribution >= 0.6 is 0 Å². The molecule has 0 amide bonds. The first kappa shape index (κ1) is 8.44. The molecule has 0 aliphatic carbocycles. The molecule has 1 aliphatic rings. The lowest BCUT2D eigenvalue weighted by atomic mass is 10.2. The molecule has 0 bridgehead atoms. The monoisotopic (exact) mass is 178 g/mol. The Morgan fingerprint density at radius 3 is 3.23 bits per heavy atom. The van der Waals surface area contributed by atoms with Gasteiger partial charge in [-0.2, -0.15) is 5.10 Å². The highest BCUT2D eigenvalue weighted by atomic mass is 15.3. The molecule has 1 aliphatic heterocycles. The largest absolute Gasteiger partial charge is 0.352 e. The van der Waals surface area contributed by atoms with E-state index in [1.54, 1.807) is 6.20 Å². The molecule has 1 atom stereocenters. The Bertz CT molecular complexity index is 262. The highest BCUT2D eigenvalue weighted by Gasteiger charge is 2.16. The molecule has 0 saturated carbocycles. The predicted octanol–water partition coefficient (Wildman–Crippen LogP) is 0.275. The van der Waals surface area contributed by atoms with E-state index in [0.29, 0.717) is 6.04 Å². The van der Waals surface area contributed by atoms with Crippen LogP contribution in [0.4, 0.5) is 5.82 Å². The van der Waals surface area contributed by atoms with Crippen molar-refractivity contribution in [2.24, 2.45) is 0 Å². The summed E-state index contributed by atoms with van der Waals surface area (Å²) in [7, 11) is 0. The second kappa shape index (κ2) is 3.70. The van der Waals surface area contributed by atoms with Gasteiger partial charge in [-0.1, -0.05) is 0 Å². The zero-order chi connectivity index (χ0) is 9.10. The number of aromatic nitrogens is 2. The molecule has 0 spiro atoms. The zero-order valence-corrected chi connectivity index (χ0v) is 7.77. The predicted molar refractivity (Wildman–Crippen MR) is 51.7 cm³/mol. The summed E-state index contributed by atoms with van der Waals surface area (Å²) in [5.74, 6) is 0.982. The fraction of sp³-hybridized carbons (Fsp3) is 0.556. The summed E-state index contributed by atoms with van der Waals surface area (Å²) in [6.07, 6.45) is 1.70. The summed E-state index contributed by atoms with van der Waals surface area (Å²) >= 11 is 0. The zero-order valence-electron chi connectivity index (χ0n) is 7.77. The van der Waals surface area contributed by atoms with E-state index in [4.69, 9.17) is 0 Å². The molecule has 1 aromatic rings. The minimum absolute atomic E-state index is 0.538. The van der Waals surface area contributed by atoms with Gasteiger partial charge in [-0.15, -0.1) is 5.10 Å². The molecule has 13 heavy (non-hydrogen) atoms. The molecular formula is C9H14N4. The van der Waals surface area contributed by atoms with Crippen LogP contribution in [0.5, 0.6) is 0 Å². The van der Waals surface area contributed by atoms with Gasteiger partial charge in [-0.25, -0.2) is 0 Å².